The number of esters is 1. The summed E-state index contributed by atoms with van der Waals surface area (Å²) in [5.41, 5.74) is 0.933. The minimum absolute atomic E-state index is 0.0405. The Bertz CT molecular complexity index is 960. The van der Waals surface area contributed by atoms with Crippen LogP contribution in [0.1, 0.15) is 33.3 Å². The van der Waals surface area contributed by atoms with Crippen LogP contribution in [0.4, 0.5) is 0 Å². The van der Waals surface area contributed by atoms with Gasteiger partial charge in [-0.3, -0.25) is 8.98 Å². The summed E-state index contributed by atoms with van der Waals surface area (Å²) >= 11 is 3.46. The lowest BCUT2D eigenvalue weighted by atomic mass is 10.0. The molecule has 206 valence electrons. The van der Waals surface area contributed by atoms with Gasteiger partial charge in [0.25, 0.3) is 10.1 Å². The number of benzene rings is 1. The number of aryl methyl sites for hydroxylation is 1. The van der Waals surface area contributed by atoms with Gasteiger partial charge in [-0.25, -0.2) is 0 Å². The van der Waals surface area contributed by atoms with Crippen LogP contribution in [0.15, 0.2) is 29.2 Å². The van der Waals surface area contributed by atoms with E-state index < -0.39 is 48.8 Å². The Morgan fingerprint density at radius 3 is 2.28 bits per heavy atom. The highest BCUT2D eigenvalue weighted by Gasteiger charge is 2.49. The molecule has 1 aromatic rings. The molecular weight excluding hydrogens is 635 g/mol. The van der Waals surface area contributed by atoms with Crippen molar-refractivity contribution in [2.45, 2.75) is 98.5 Å². The van der Waals surface area contributed by atoms with E-state index in [-0.39, 0.29) is 20.2 Å². The zero-order chi connectivity index (χ0) is 27.3. The SMILES string of the molecule is CC(=O)O[C@H]1[C@H](OSC(C)(C)C)[C@H](I)[C@H](OCC[Si](C)(C)C)O[C@@H]1COS(=O)(=O)c1ccc(C)cc1. The van der Waals surface area contributed by atoms with Gasteiger partial charge in [0.1, 0.15) is 12.2 Å². The van der Waals surface area contributed by atoms with Crippen LogP contribution in [0.2, 0.25) is 25.7 Å². The predicted octanol–water partition coefficient (Wildman–Crippen LogP) is 5.35. The van der Waals surface area contributed by atoms with Crippen LogP contribution in [0.25, 0.3) is 0 Å². The van der Waals surface area contributed by atoms with Crippen LogP contribution < -0.4 is 0 Å². The van der Waals surface area contributed by atoms with Crippen LogP contribution in [0.3, 0.4) is 0 Å². The van der Waals surface area contributed by atoms with Crippen molar-refractivity contribution < 1.29 is 35.8 Å². The zero-order valence-corrected chi connectivity index (χ0v) is 27.1. The van der Waals surface area contributed by atoms with Crippen LogP contribution >= 0.6 is 34.6 Å². The first kappa shape index (κ1) is 32.0. The third-order valence-corrected chi connectivity index (χ3v) is 10.2. The summed E-state index contributed by atoms with van der Waals surface area (Å²) < 4.78 is 54.6. The maximum Gasteiger partial charge on any atom is 0.303 e. The molecule has 0 amide bonds. The van der Waals surface area contributed by atoms with Crippen molar-refractivity contribution in [1.29, 1.82) is 0 Å². The monoisotopic (exact) mass is 674 g/mol. The van der Waals surface area contributed by atoms with Gasteiger partial charge in [-0.2, -0.15) is 8.42 Å². The molecule has 0 unspecified atom stereocenters. The highest BCUT2D eigenvalue weighted by Crippen LogP contribution is 2.37. The van der Waals surface area contributed by atoms with E-state index in [1.807, 2.05) is 27.7 Å². The zero-order valence-electron chi connectivity index (χ0n) is 22.3. The Morgan fingerprint density at radius 1 is 1.14 bits per heavy atom. The van der Waals surface area contributed by atoms with Gasteiger partial charge in [0.15, 0.2) is 12.4 Å². The Balaban J connectivity index is 2.28. The van der Waals surface area contributed by atoms with Crippen molar-refractivity contribution in [2.24, 2.45) is 0 Å². The Labute approximate surface area is 235 Å². The molecule has 5 atom stereocenters. The number of rotatable bonds is 11. The number of carbonyl (C=O) groups excluding carboxylic acids is 1. The second-order valence-electron chi connectivity index (χ2n) is 11.1. The molecule has 1 aromatic carbocycles. The molecule has 0 aliphatic carbocycles. The summed E-state index contributed by atoms with van der Waals surface area (Å²) in [6, 6.07) is 7.32. The molecule has 0 N–H and O–H groups in total. The molecule has 0 saturated carbocycles. The lowest BCUT2D eigenvalue weighted by molar-refractivity contribution is -0.247. The Hall–Kier alpha value is -0.223. The lowest BCUT2D eigenvalue weighted by Crippen LogP contribution is -2.59. The van der Waals surface area contributed by atoms with E-state index in [0.29, 0.717) is 6.61 Å². The molecule has 36 heavy (non-hydrogen) atoms. The van der Waals surface area contributed by atoms with Crippen LogP contribution in [-0.4, -0.2) is 68.9 Å². The van der Waals surface area contributed by atoms with E-state index in [4.69, 9.17) is 22.6 Å². The summed E-state index contributed by atoms with van der Waals surface area (Å²) in [5.74, 6) is -0.522. The molecular formula is C24H39IO8S2Si. The molecule has 2 rings (SSSR count). The topological polar surface area (TPSA) is 97.4 Å². The lowest BCUT2D eigenvalue weighted by Gasteiger charge is -2.43. The number of carbonyl (C=O) groups is 1. The van der Waals surface area contributed by atoms with Crippen LogP contribution in [0, 0.1) is 6.92 Å². The minimum atomic E-state index is -4.05. The second-order valence-corrected chi connectivity index (χ2v) is 21.3. The van der Waals surface area contributed by atoms with E-state index in [9.17, 15) is 13.2 Å². The fourth-order valence-corrected chi connectivity index (χ4v) is 6.60. The largest absolute Gasteiger partial charge is 0.457 e. The van der Waals surface area contributed by atoms with Gasteiger partial charge in [-0.1, -0.05) is 59.9 Å². The molecule has 12 heteroatoms. The molecule has 1 fully saturated rings. The average Bonchev–Trinajstić information content (AvgIpc) is 2.72. The average molecular weight is 675 g/mol. The molecule has 8 nitrogen and oxygen atoms in total. The number of alkyl halides is 1. The quantitative estimate of drug-likeness (QED) is 0.0769. The molecule has 1 saturated heterocycles. The molecule has 1 heterocycles. The highest BCUT2D eigenvalue weighted by molar-refractivity contribution is 14.1. The summed E-state index contributed by atoms with van der Waals surface area (Å²) in [4.78, 5) is 12.0. The summed E-state index contributed by atoms with van der Waals surface area (Å²) in [6.07, 6.45) is -3.10. The van der Waals surface area contributed by atoms with E-state index in [1.165, 1.54) is 31.1 Å². The summed E-state index contributed by atoms with van der Waals surface area (Å²) in [6.45, 7) is 16.1. The standard InChI is InChI=1S/C24H39IO8S2Si/c1-16-9-11-18(12-10-16)35(27,28)30-15-19-21(31-17(2)26)22(33-34-24(3,4)5)20(25)23(32-19)29-13-14-36(6,7)8/h9-12,19-23H,13-15H2,1-8H3/t19-,20+,21-,22-,23-/m1/s1. The molecule has 0 aromatic heterocycles. The maximum atomic E-state index is 12.8. The first-order valence-electron chi connectivity index (χ1n) is 11.9. The molecule has 0 bridgehead atoms. The van der Waals surface area contributed by atoms with Crippen molar-refractivity contribution in [2.75, 3.05) is 13.2 Å². The summed E-state index contributed by atoms with van der Waals surface area (Å²) in [7, 11) is -5.40. The first-order chi connectivity index (χ1) is 16.5. The van der Waals surface area contributed by atoms with Crippen molar-refractivity contribution >= 4 is 58.8 Å². The van der Waals surface area contributed by atoms with Gasteiger partial charge in [0.05, 0.1) is 15.4 Å². The second kappa shape index (κ2) is 13.2. The third-order valence-electron chi connectivity index (χ3n) is 5.12. The molecule has 0 spiro atoms. The van der Waals surface area contributed by atoms with Crippen molar-refractivity contribution in [3.05, 3.63) is 29.8 Å². The fourth-order valence-electron chi connectivity index (χ4n) is 3.19. The smallest absolute Gasteiger partial charge is 0.303 e. The minimum Gasteiger partial charge on any atom is -0.457 e. The maximum absolute atomic E-state index is 12.8. The third kappa shape index (κ3) is 10.5. The van der Waals surface area contributed by atoms with Gasteiger partial charge in [-0.15, -0.1) is 0 Å². The highest BCUT2D eigenvalue weighted by atomic mass is 127. The van der Waals surface area contributed by atoms with Crippen molar-refractivity contribution in [3.8, 4) is 0 Å². The number of halogens is 1. The van der Waals surface area contributed by atoms with Gasteiger partial charge in [0.2, 0.25) is 0 Å². The van der Waals surface area contributed by atoms with Gasteiger partial charge < -0.3 is 18.4 Å². The van der Waals surface area contributed by atoms with E-state index in [2.05, 4.69) is 42.2 Å². The fraction of sp³-hybridized carbons (Fsp3) is 0.708. The van der Waals surface area contributed by atoms with Crippen molar-refractivity contribution in [3.63, 3.8) is 0 Å². The van der Waals surface area contributed by atoms with E-state index >= 15 is 0 Å². The van der Waals surface area contributed by atoms with Gasteiger partial charge in [0, 0.05) is 26.4 Å². The normalized spacial score (nSPS) is 25.5. The van der Waals surface area contributed by atoms with Crippen LogP contribution in [-0.2, 0) is 37.5 Å². The Morgan fingerprint density at radius 2 is 1.75 bits per heavy atom. The van der Waals surface area contributed by atoms with Crippen molar-refractivity contribution in [1.82, 2.24) is 0 Å². The van der Waals surface area contributed by atoms with Gasteiger partial charge >= 0.3 is 5.97 Å². The molecule has 1 aliphatic rings. The first-order valence-corrected chi connectivity index (χ1v) is 19.0. The molecule has 0 radical (unpaired) electrons. The summed E-state index contributed by atoms with van der Waals surface area (Å²) in [5, 5.41) is 0. The number of ether oxygens (including phenoxy) is 3. The van der Waals surface area contributed by atoms with Crippen LogP contribution in [0.5, 0.6) is 0 Å². The molecule has 1 aliphatic heterocycles. The predicted molar refractivity (Wildman–Crippen MR) is 153 cm³/mol. The number of hydrogen-bond acceptors (Lipinski definition) is 9. The Kier molecular flexibility index (Phi) is 11.8. The van der Waals surface area contributed by atoms with E-state index in [1.54, 1.807) is 12.1 Å². The van der Waals surface area contributed by atoms with E-state index in [0.717, 1.165) is 11.6 Å². The van der Waals surface area contributed by atoms with Gasteiger partial charge in [-0.05, 0) is 57.9 Å². The number of hydrogen-bond donors (Lipinski definition) is 0.